The normalized spacial score (nSPS) is 12.6. The molecule has 0 fully saturated rings. The third-order valence-corrected chi connectivity index (χ3v) is 5.23. The Hall–Kier alpha value is -2.06. The summed E-state index contributed by atoms with van der Waals surface area (Å²) in [5, 5.41) is 8.86. The van der Waals surface area contributed by atoms with Gasteiger partial charge in [-0.3, -0.25) is 0 Å². The highest BCUT2D eigenvalue weighted by atomic mass is 16.5. The topological polar surface area (TPSA) is 29.5 Å². The minimum atomic E-state index is 0.295. The highest BCUT2D eigenvalue weighted by Gasteiger charge is 1.94. The highest BCUT2D eigenvalue weighted by Crippen LogP contribution is 2.14. The van der Waals surface area contributed by atoms with Crippen molar-refractivity contribution in [3.63, 3.8) is 0 Å². The first-order chi connectivity index (χ1) is 15.8. The number of unbranched alkanes of at least 4 members (excludes halogenated alkanes) is 1. The lowest BCUT2D eigenvalue weighted by atomic mass is 10.0. The van der Waals surface area contributed by atoms with Gasteiger partial charge in [-0.25, -0.2) is 0 Å². The van der Waals surface area contributed by atoms with Gasteiger partial charge in [-0.05, 0) is 106 Å². The smallest absolute Gasteiger partial charge is 0.0829 e. The number of hydrogen-bond donors (Lipinski definition) is 1. The first-order valence-electron chi connectivity index (χ1n) is 12.5. The number of allylic oxidation sites excluding steroid dienone is 10. The van der Waals surface area contributed by atoms with Gasteiger partial charge < -0.3 is 9.84 Å². The summed E-state index contributed by atoms with van der Waals surface area (Å²) in [6, 6.07) is 0. The summed E-state index contributed by atoms with van der Waals surface area (Å²) in [6.45, 7) is 20.1. The number of hydrogen-bond acceptors (Lipinski definition) is 2. The standard InChI is InChI=1S/C27H46O.C4H6O/c1-23(2)13-9-16-26(5)19-10-17-24(3)14-7-8-15-25(4)18-11-20-27(6)21-12-22-28;1-3-5-4-2/h13-15,19-20,28H,7-12,16-18,21-22H2,1-6H3;3-4H,1-2H2. The molecule has 0 aromatic carbocycles. The van der Waals surface area contributed by atoms with Gasteiger partial charge in [0.05, 0.1) is 12.5 Å². The van der Waals surface area contributed by atoms with Gasteiger partial charge in [0.25, 0.3) is 0 Å². The average molecular weight is 457 g/mol. The molecule has 2 nitrogen and oxygen atoms in total. The average Bonchev–Trinajstić information content (AvgIpc) is 2.76. The first kappa shape index (κ1) is 33.1. The van der Waals surface area contributed by atoms with E-state index in [1.807, 2.05) is 0 Å². The molecule has 0 aliphatic rings. The number of aliphatic hydroxyl groups excluding tert-OH is 1. The van der Waals surface area contributed by atoms with Crippen molar-refractivity contribution in [3.05, 3.63) is 83.9 Å². The molecule has 0 aliphatic carbocycles. The van der Waals surface area contributed by atoms with Gasteiger partial charge in [0, 0.05) is 6.61 Å². The van der Waals surface area contributed by atoms with Crippen LogP contribution in [0, 0.1) is 0 Å². The molecule has 33 heavy (non-hydrogen) atoms. The monoisotopic (exact) mass is 456 g/mol. The summed E-state index contributed by atoms with van der Waals surface area (Å²) in [7, 11) is 0. The molecule has 0 aromatic heterocycles. The Morgan fingerprint density at radius 2 is 0.939 bits per heavy atom. The molecule has 0 saturated heterocycles. The zero-order chi connectivity index (χ0) is 25.3. The van der Waals surface area contributed by atoms with Crippen molar-refractivity contribution >= 4 is 0 Å². The van der Waals surface area contributed by atoms with Crippen LogP contribution in [0.2, 0.25) is 0 Å². The first-order valence-corrected chi connectivity index (χ1v) is 12.5. The number of rotatable bonds is 17. The Kier molecular flexibility index (Phi) is 24.7. The maximum absolute atomic E-state index is 8.86. The van der Waals surface area contributed by atoms with Gasteiger partial charge in [0.2, 0.25) is 0 Å². The Labute approximate surface area is 206 Å². The van der Waals surface area contributed by atoms with Crippen LogP contribution >= 0.6 is 0 Å². The highest BCUT2D eigenvalue weighted by molar-refractivity contribution is 5.07. The fourth-order valence-electron chi connectivity index (χ4n) is 3.17. The predicted octanol–water partition coefficient (Wildman–Crippen LogP) is 9.92. The minimum absolute atomic E-state index is 0.295. The Balaban J connectivity index is 0. The molecule has 1 N–H and O–H groups in total. The SMILES string of the molecule is C=COC=C.CC(C)=CCCC(C)=CCCC(C)=CCCC=C(C)CCC=C(C)CCCO. The van der Waals surface area contributed by atoms with Crippen LogP contribution in [0.1, 0.15) is 106 Å². The van der Waals surface area contributed by atoms with Crippen molar-refractivity contribution < 1.29 is 9.84 Å². The van der Waals surface area contributed by atoms with Crippen LogP contribution in [-0.4, -0.2) is 11.7 Å². The summed E-state index contributed by atoms with van der Waals surface area (Å²) >= 11 is 0. The van der Waals surface area contributed by atoms with Crippen LogP contribution in [-0.2, 0) is 4.74 Å². The van der Waals surface area contributed by atoms with Crippen molar-refractivity contribution in [2.45, 2.75) is 106 Å². The van der Waals surface area contributed by atoms with Gasteiger partial charge in [-0.1, -0.05) is 71.4 Å². The van der Waals surface area contributed by atoms with E-state index in [9.17, 15) is 0 Å². The summed E-state index contributed by atoms with van der Waals surface area (Å²) in [5.74, 6) is 0. The molecule has 2 heteroatoms. The molecular weight excluding hydrogens is 404 g/mol. The molecule has 0 radical (unpaired) electrons. The fraction of sp³-hybridized carbons (Fsp3) is 0.548. The molecule has 0 spiro atoms. The maximum atomic E-state index is 8.86. The fourth-order valence-corrected chi connectivity index (χ4v) is 3.17. The summed E-state index contributed by atoms with van der Waals surface area (Å²) in [4.78, 5) is 0. The van der Waals surface area contributed by atoms with Gasteiger partial charge in [0.15, 0.2) is 0 Å². The van der Waals surface area contributed by atoms with E-state index < -0.39 is 0 Å². The summed E-state index contributed by atoms with van der Waals surface area (Å²) < 4.78 is 4.36. The van der Waals surface area contributed by atoms with E-state index in [2.05, 4.69) is 89.8 Å². The lowest BCUT2D eigenvalue weighted by Crippen LogP contribution is -1.85. The van der Waals surface area contributed by atoms with Crippen LogP contribution in [0.4, 0.5) is 0 Å². The van der Waals surface area contributed by atoms with Crippen LogP contribution in [0.25, 0.3) is 0 Å². The zero-order valence-corrected chi connectivity index (χ0v) is 22.6. The molecule has 188 valence electrons. The third-order valence-electron chi connectivity index (χ3n) is 5.23. The third kappa shape index (κ3) is 27.9. The number of aliphatic hydroxyl groups is 1. The summed E-state index contributed by atoms with van der Waals surface area (Å²) in [5.41, 5.74) is 7.35. The van der Waals surface area contributed by atoms with Crippen molar-refractivity contribution in [1.82, 2.24) is 0 Å². The van der Waals surface area contributed by atoms with Crippen molar-refractivity contribution in [2.75, 3.05) is 6.61 Å². The predicted molar refractivity (Wildman–Crippen MR) is 149 cm³/mol. The van der Waals surface area contributed by atoms with E-state index in [0.717, 1.165) is 38.5 Å². The molecule has 0 atom stereocenters. The largest absolute Gasteiger partial charge is 0.474 e. The second-order valence-electron chi connectivity index (χ2n) is 8.97. The molecular formula is C31H52O2. The molecule has 0 heterocycles. The lowest BCUT2D eigenvalue weighted by Gasteiger charge is -2.02. The van der Waals surface area contributed by atoms with E-state index in [-0.39, 0.29) is 0 Å². The molecule has 0 unspecified atom stereocenters. The second-order valence-corrected chi connectivity index (χ2v) is 8.97. The molecule has 0 rings (SSSR count). The Morgan fingerprint density at radius 1 is 0.576 bits per heavy atom. The Morgan fingerprint density at radius 3 is 1.27 bits per heavy atom. The summed E-state index contributed by atoms with van der Waals surface area (Å²) in [6.07, 6.45) is 25.7. The van der Waals surface area contributed by atoms with E-state index >= 15 is 0 Å². The van der Waals surface area contributed by atoms with E-state index in [0.29, 0.717) is 6.61 Å². The van der Waals surface area contributed by atoms with Crippen molar-refractivity contribution in [2.24, 2.45) is 0 Å². The molecule has 0 aliphatic heterocycles. The lowest BCUT2D eigenvalue weighted by molar-refractivity contribution is 0.288. The molecule has 0 bridgehead atoms. The van der Waals surface area contributed by atoms with Gasteiger partial charge in [-0.2, -0.15) is 0 Å². The van der Waals surface area contributed by atoms with E-state index in [4.69, 9.17) is 5.11 Å². The van der Waals surface area contributed by atoms with Crippen LogP contribution in [0.15, 0.2) is 83.9 Å². The minimum Gasteiger partial charge on any atom is -0.474 e. The Bertz CT molecular complexity index is 646. The van der Waals surface area contributed by atoms with E-state index in [1.165, 1.54) is 66.1 Å². The van der Waals surface area contributed by atoms with Crippen LogP contribution < -0.4 is 0 Å². The molecule has 0 amide bonds. The number of ether oxygens (including phenoxy) is 1. The zero-order valence-electron chi connectivity index (χ0n) is 22.6. The van der Waals surface area contributed by atoms with Crippen molar-refractivity contribution in [3.8, 4) is 0 Å². The molecule has 0 aromatic rings. The quantitative estimate of drug-likeness (QED) is 0.134. The van der Waals surface area contributed by atoms with Gasteiger partial charge >= 0.3 is 0 Å². The molecule has 0 saturated carbocycles. The van der Waals surface area contributed by atoms with Gasteiger partial charge in [-0.15, -0.1) is 0 Å². The van der Waals surface area contributed by atoms with E-state index in [1.54, 1.807) is 0 Å². The van der Waals surface area contributed by atoms with Crippen LogP contribution in [0.5, 0.6) is 0 Å². The second kappa shape index (κ2) is 24.6. The van der Waals surface area contributed by atoms with Crippen LogP contribution in [0.3, 0.4) is 0 Å². The maximum Gasteiger partial charge on any atom is 0.0829 e. The van der Waals surface area contributed by atoms with Crippen molar-refractivity contribution in [1.29, 1.82) is 0 Å². The van der Waals surface area contributed by atoms with Gasteiger partial charge in [0.1, 0.15) is 0 Å².